The molecular weight excluding hydrogens is 200 g/mol. The van der Waals surface area contributed by atoms with Gasteiger partial charge in [0.2, 0.25) is 0 Å². The molecule has 1 aliphatic rings. The highest BCUT2D eigenvalue weighted by atomic mass is 32.1. The van der Waals surface area contributed by atoms with E-state index in [1.807, 2.05) is 17.5 Å². The van der Waals surface area contributed by atoms with Crippen molar-refractivity contribution in [3.8, 4) is 5.75 Å². The lowest BCUT2D eigenvalue weighted by Gasteiger charge is -2.09. The lowest BCUT2D eigenvalue weighted by Crippen LogP contribution is -1.99. The molecule has 0 aliphatic carbocycles. The van der Waals surface area contributed by atoms with Crippen LogP contribution in [0.4, 0.5) is 0 Å². The summed E-state index contributed by atoms with van der Waals surface area (Å²) in [5, 5.41) is 11.8. The van der Waals surface area contributed by atoms with Crippen molar-refractivity contribution >= 4 is 11.3 Å². The number of aliphatic hydroxyl groups is 1. The first kappa shape index (κ1) is 9.55. The zero-order valence-corrected chi connectivity index (χ0v) is 8.71. The Morgan fingerprint density at radius 1 is 1.64 bits per heavy atom. The first-order valence-corrected chi connectivity index (χ1v) is 5.32. The van der Waals surface area contributed by atoms with Gasteiger partial charge in [0.25, 0.3) is 0 Å². The number of hydrogen-bond acceptors (Lipinski definition) is 4. The van der Waals surface area contributed by atoms with Gasteiger partial charge in [0.15, 0.2) is 0 Å². The summed E-state index contributed by atoms with van der Waals surface area (Å²) in [6, 6.07) is 1.83. The van der Waals surface area contributed by atoms with Crippen molar-refractivity contribution in [2.24, 2.45) is 0 Å². The molecule has 1 aromatic heterocycles. The number of hydrogen-bond donors (Lipinski definition) is 1. The molecule has 0 saturated carbocycles. The molecule has 0 fully saturated rings. The summed E-state index contributed by atoms with van der Waals surface area (Å²) < 4.78 is 10.3. The molecule has 76 valence electrons. The molecule has 2 rings (SSSR count). The van der Waals surface area contributed by atoms with Gasteiger partial charge >= 0.3 is 0 Å². The second-order valence-electron chi connectivity index (χ2n) is 3.04. The molecule has 1 aliphatic heterocycles. The summed E-state index contributed by atoms with van der Waals surface area (Å²) in [7, 11) is 1.61. The van der Waals surface area contributed by atoms with Crippen LogP contribution in [-0.2, 0) is 4.74 Å². The van der Waals surface area contributed by atoms with E-state index in [0.717, 1.165) is 17.0 Å². The quantitative estimate of drug-likeness (QED) is 0.833. The molecule has 0 spiro atoms. The number of thiophene rings is 1. The number of aliphatic hydroxyl groups excluding tert-OH is 1. The first-order chi connectivity index (χ1) is 6.81. The van der Waals surface area contributed by atoms with Gasteiger partial charge in [-0.15, -0.1) is 11.3 Å². The highest BCUT2D eigenvalue weighted by molar-refractivity contribution is 7.10. The molecule has 0 bridgehead atoms. The fourth-order valence-corrected chi connectivity index (χ4v) is 2.20. The van der Waals surface area contributed by atoms with E-state index in [0.29, 0.717) is 12.4 Å². The van der Waals surface area contributed by atoms with Crippen LogP contribution in [0, 0.1) is 0 Å². The van der Waals surface area contributed by atoms with E-state index >= 15 is 0 Å². The maximum Gasteiger partial charge on any atom is 0.145 e. The van der Waals surface area contributed by atoms with Crippen LogP contribution in [0.3, 0.4) is 0 Å². The average molecular weight is 212 g/mol. The Balaban J connectivity index is 2.13. The topological polar surface area (TPSA) is 38.7 Å². The van der Waals surface area contributed by atoms with E-state index in [4.69, 9.17) is 9.47 Å². The minimum atomic E-state index is -0.633. The minimum absolute atomic E-state index is 0.633. The average Bonchev–Trinajstić information content (AvgIpc) is 2.88. The van der Waals surface area contributed by atoms with E-state index in [-0.39, 0.29) is 0 Å². The van der Waals surface area contributed by atoms with Gasteiger partial charge in [-0.3, -0.25) is 0 Å². The molecular formula is C10H12O3S. The Labute approximate surface area is 86.6 Å². The summed E-state index contributed by atoms with van der Waals surface area (Å²) in [5.74, 6) is 1.44. The highest BCUT2D eigenvalue weighted by Gasteiger charge is 2.19. The van der Waals surface area contributed by atoms with Gasteiger partial charge in [0, 0.05) is 16.7 Å². The Morgan fingerprint density at radius 3 is 3.07 bits per heavy atom. The van der Waals surface area contributed by atoms with Crippen molar-refractivity contribution in [1.82, 2.24) is 0 Å². The van der Waals surface area contributed by atoms with Gasteiger partial charge < -0.3 is 14.6 Å². The standard InChI is InChI=1S/C10H12O3S/c1-12-7-5-9(14-6-7)10(11)8-3-2-4-13-8/h3,5-6,10-11H,2,4H2,1H3. The predicted octanol–water partition coefficient (Wildman–Crippen LogP) is 2.09. The molecule has 4 heteroatoms. The van der Waals surface area contributed by atoms with Gasteiger partial charge in [0.1, 0.15) is 17.6 Å². The Hall–Kier alpha value is -1.00. The van der Waals surface area contributed by atoms with Crippen LogP contribution in [0.5, 0.6) is 5.75 Å². The largest absolute Gasteiger partial charge is 0.496 e. The van der Waals surface area contributed by atoms with Crippen LogP contribution in [-0.4, -0.2) is 18.8 Å². The van der Waals surface area contributed by atoms with Gasteiger partial charge in [0.05, 0.1) is 13.7 Å². The Bertz CT molecular complexity index is 343. The zero-order valence-electron chi connectivity index (χ0n) is 7.90. The molecule has 0 aromatic carbocycles. The Kier molecular flexibility index (Phi) is 2.74. The summed E-state index contributed by atoms with van der Waals surface area (Å²) in [5.41, 5.74) is 0. The summed E-state index contributed by atoms with van der Waals surface area (Å²) in [4.78, 5) is 0.856. The summed E-state index contributed by atoms with van der Waals surface area (Å²) >= 11 is 1.47. The van der Waals surface area contributed by atoms with Crippen molar-refractivity contribution in [2.45, 2.75) is 12.5 Å². The lowest BCUT2D eigenvalue weighted by molar-refractivity contribution is 0.121. The SMILES string of the molecule is COc1csc(C(O)C2=CCCO2)c1. The normalized spacial score (nSPS) is 17.4. The van der Waals surface area contributed by atoms with Crippen LogP contribution in [0.25, 0.3) is 0 Å². The van der Waals surface area contributed by atoms with Gasteiger partial charge in [-0.2, -0.15) is 0 Å². The molecule has 0 radical (unpaired) electrons. The van der Waals surface area contributed by atoms with Gasteiger partial charge in [-0.05, 0) is 12.1 Å². The van der Waals surface area contributed by atoms with Crippen molar-refractivity contribution in [2.75, 3.05) is 13.7 Å². The van der Waals surface area contributed by atoms with Gasteiger partial charge in [-0.25, -0.2) is 0 Å². The number of rotatable bonds is 3. The van der Waals surface area contributed by atoms with Crippen LogP contribution in [0.15, 0.2) is 23.3 Å². The van der Waals surface area contributed by atoms with Crippen LogP contribution < -0.4 is 4.74 Å². The molecule has 1 aromatic rings. The third-order valence-electron chi connectivity index (χ3n) is 2.10. The fourth-order valence-electron chi connectivity index (χ4n) is 1.35. The van der Waals surface area contributed by atoms with Crippen molar-refractivity contribution in [3.05, 3.63) is 28.2 Å². The van der Waals surface area contributed by atoms with Crippen molar-refractivity contribution < 1.29 is 14.6 Å². The van der Waals surface area contributed by atoms with E-state index in [1.165, 1.54) is 11.3 Å². The predicted molar refractivity (Wildman–Crippen MR) is 54.5 cm³/mol. The smallest absolute Gasteiger partial charge is 0.145 e. The fraction of sp³-hybridized carbons (Fsp3) is 0.400. The van der Waals surface area contributed by atoms with Crippen molar-refractivity contribution in [3.63, 3.8) is 0 Å². The highest BCUT2D eigenvalue weighted by Crippen LogP contribution is 2.32. The second kappa shape index (κ2) is 4.02. The lowest BCUT2D eigenvalue weighted by atomic mass is 10.2. The van der Waals surface area contributed by atoms with E-state index in [1.54, 1.807) is 7.11 Å². The number of ether oxygens (including phenoxy) is 2. The second-order valence-corrected chi connectivity index (χ2v) is 3.98. The molecule has 0 saturated heterocycles. The minimum Gasteiger partial charge on any atom is -0.496 e. The molecule has 14 heavy (non-hydrogen) atoms. The zero-order chi connectivity index (χ0) is 9.97. The molecule has 0 amide bonds. The molecule has 1 N–H and O–H groups in total. The molecule has 3 nitrogen and oxygen atoms in total. The monoisotopic (exact) mass is 212 g/mol. The first-order valence-electron chi connectivity index (χ1n) is 4.44. The van der Waals surface area contributed by atoms with Crippen LogP contribution in [0.1, 0.15) is 17.4 Å². The molecule has 1 unspecified atom stereocenters. The summed E-state index contributed by atoms with van der Waals surface area (Å²) in [6.07, 6.45) is 2.18. The van der Waals surface area contributed by atoms with E-state index in [9.17, 15) is 5.11 Å². The van der Waals surface area contributed by atoms with Crippen LogP contribution >= 0.6 is 11.3 Å². The number of methoxy groups -OCH3 is 1. The molecule has 2 heterocycles. The van der Waals surface area contributed by atoms with Gasteiger partial charge in [-0.1, -0.05) is 0 Å². The van der Waals surface area contributed by atoms with E-state index in [2.05, 4.69) is 0 Å². The maximum absolute atomic E-state index is 9.89. The Morgan fingerprint density at radius 2 is 2.50 bits per heavy atom. The maximum atomic E-state index is 9.89. The third-order valence-corrected chi connectivity index (χ3v) is 3.07. The summed E-state index contributed by atoms with van der Waals surface area (Å²) in [6.45, 7) is 0.675. The van der Waals surface area contributed by atoms with Crippen LogP contribution in [0.2, 0.25) is 0 Å². The third kappa shape index (κ3) is 1.76. The van der Waals surface area contributed by atoms with Crippen molar-refractivity contribution in [1.29, 1.82) is 0 Å². The molecule has 1 atom stereocenters. The van der Waals surface area contributed by atoms with E-state index < -0.39 is 6.10 Å².